The van der Waals surface area contributed by atoms with E-state index in [1.807, 2.05) is 25.1 Å². The Kier molecular flexibility index (Phi) is 5.90. The van der Waals surface area contributed by atoms with Crippen LogP contribution >= 0.6 is 0 Å². The number of nitrogens with zero attached hydrogens (tertiary/aromatic N) is 2. The maximum Gasteiger partial charge on any atom is 0.220 e. The zero-order chi connectivity index (χ0) is 20.1. The number of benzene rings is 2. The van der Waals surface area contributed by atoms with Crippen LogP contribution in [0.2, 0.25) is 0 Å². The molecule has 2 aromatic carbocycles. The summed E-state index contributed by atoms with van der Waals surface area (Å²) in [5, 5.41) is 11.8. The van der Waals surface area contributed by atoms with Gasteiger partial charge in [-0.05, 0) is 55.7 Å². The minimum absolute atomic E-state index is 0.0669. The van der Waals surface area contributed by atoms with Crippen LogP contribution in [-0.2, 0) is 11.2 Å². The Balaban J connectivity index is 1.55. The van der Waals surface area contributed by atoms with Gasteiger partial charge in [-0.25, -0.2) is 4.98 Å². The number of aryl methyl sites for hydroxylation is 3. The summed E-state index contributed by atoms with van der Waals surface area (Å²) in [6, 6.07) is 15.3. The first-order valence-electron chi connectivity index (χ1n) is 9.28. The molecule has 0 fully saturated rings. The van der Waals surface area contributed by atoms with E-state index in [2.05, 4.69) is 42.4 Å². The van der Waals surface area contributed by atoms with E-state index < -0.39 is 0 Å². The predicted octanol–water partition coefficient (Wildman–Crippen LogP) is 4.64. The third kappa shape index (κ3) is 4.66. The molecule has 1 atom stereocenters. The summed E-state index contributed by atoms with van der Waals surface area (Å²) >= 11 is 0. The van der Waals surface area contributed by atoms with Crippen molar-refractivity contribution in [3.8, 4) is 17.4 Å². The lowest BCUT2D eigenvalue weighted by Crippen LogP contribution is -2.26. The number of hydrogen-bond donors (Lipinski definition) is 1. The second-order valence-corrected chi connectivity index (χ2v) is 6.94. The molecule has 0 spiro atoms. The number of carbonyl (C=O) groups is 1. The van der Waals surface area contributed by atoms with Gasteiger partial charge in [-0.2, -0.15) is 5.26 Å². The van der Waals surface area contributed by atoms with Gasteiger partial charge in [0.1, 0.15) is 0 Å². The summed E-state index contributed by atoms with van der Waals surface area (Å²) in [4.78, 5) is 16.5. The second-order valence-electron chi connectivity index (χ2n) is 6.94. The van der Waals surface area contributed by atoms with Gasteiger partial charge >= 0.3 is 0 Å². The Hall–Kier alpha value is -3.39. The highest BCUT2D eigenvalue weighted by atomic mass is 16.4. The van der Waals surface area contributed by atoms with Crippen molar-refractivity contribution in [1.82, 2.24) is 10.3 Å². The molecule has 0 bridgehead atoms. The van der Waals surface area contributed by atoms with Crippen LogP contribution in [0.1, 0.15) is 47.5 Å². The normalized spacial score (nSPS) is 11.6. The Morgan fingerprint density at radius 3 is 2.61 bits per heavy atom. The number of rotatable bonds is 6. The molecule has 0 radical (unpaired) electrons. The predicted molar refractivity (Wildman–Crippen MR) is 107 cm³/mol. The molecule has 28 heavy (non-hydrogen) atoms. The van der Waals surface area contributed by atoms with Gasteiger partial charge < -0.3 is 9.73 Å². The average molecular weight is 373 g/mol. The van der Waals surface area contributed by atoms with E-state index in [-0.39, 0.29) is 11.9 Å². The fraction of sp³-hybridized carbons (Fsp3) is 0.261. The van der Waals surface area contributed by atoms with E-state index in [0.29, 0.717) is 30.1 Å². The van der Waals surface area contributed by atoms with Gasteiger partial charge in [-0.15, -0.1) is 0 Å². The molecule has 142 valence electrons. The number of hydrogen-bond acceptors (Lipinski definition) is 4. The maximum atomic E-state index is 12.2. The number of oxazole rings is 1. The molecule has 0 aliphatic rings. The molecular formula is C23H23N3O2. The largest absolute Gasteiger partial charge is 0.441 e. The lowest BCUT2D eigenvalue weighted by Gasteiger charge is -2.14. The molecule has 5 nitrogen and oxygen atoms in total. The Morgan fingerprint density at radius 2 is 1.93 bits per heavy atom. The van der Waals surface area contributed by atoms with Crippen LogP contribution in [0, 0.1) is 25.2 Å². The topological polar surface area (TPSA) is 78.9 Å². The average Bonchev–Trinajstić information content (AvgIpc) is 3.17. The van der Waals surface area contributed by atoms with Gasteiger partial charge in [0.2, 0.25) is 5.91 Å². The fourth-order valence-electron chi connectivity index (χ4n) is 2.92. The molecule has 3 rings (SSSR count). The van der Waals surface area contributed by atoms with Gasteiger partial charge in [0.05, 0.1) is 23.9 Å². The highest BCUT2D eigenvalue weighted by Gasteiger charge is 2.12. The molecule has 1 aromatic heterocycles. The van der Waals surface area contributed by atoms with Crippen LogP contribution in [-0.4, -0.2) is 10.9 Å². The van der Waals surface area contributed by atoms with Gasteiger partial charge in [-0.3, -0.25) is 4.79 Å². The molecular weight excluding hydrogens is 350 g/mol. The van der Waals surface area contributed by atoms with E-state index in [4.69, 9.17) is 9.68 Å². The van der Waals surface area contributed by atoms with Gasteiger partial charge in [0.25, 0.3) is 0 Å². The SMILES string of the molecule is Cc1ccc(-c2cnc(CCC(=O)NC(C)c3ccc(C#N)cc3)o2)cc1C. The number of carbonyl (C=O) groups excluding carboxylic acids is 1. The first-order chi connectivity index (χ1) is 13.5. The molecule has 3 aromatic rings. The third-order valence-electron chi connectivity index (χ3n) is 4.83. The lowest BCUT2D eigenvalue weighted by atomic mass is 10.1. The van der Waals surface area contributed by atoms with E-state index in [9.17, 15) is 4.79 Å². The Bertz CT molecular complexity index is 1010. The zero-order valence-corrected chi connectivity index (χ0v) is 16.3. The molecule has 0 saturated carbocycles. The van der Waals surface area contributed by atoms with Crippen molar-refractivity contribution in [2.75, 3.05) is 0 Å². The van der Waals surface area contributed by atoms with Crippen molar-refractivity contribution >= 4 is 5.91 Å². The molecule has 1 heterocycles. The molecule has 0 aliphatic carbocycles. The number of aromatic nitrogens is 1. The molecule has 0 saturated heterocycles. The third-order valence-corrected chi connectivity index (χ3v) is 4.83. The van der Waals surface area contributed by atoms with E-state index in [1.165, 1.54) is 11.1 Å². The molecule has 1 N–H and O–H groups in total. The standard InChI is InChI=1S/C23H23N3O2/c1-15-4-7-20(12-16(15)2)21-14-25-23(28-21)11-10-22(27)26-17(3)19-8-5-18(13-24)6-9-19/h4-9,12,14,17H,10-11H2,1-3H3,(H,26,27). The van der Waals surface area contributed by atoms with Crippen molar-refractivity contribution < 1.29 is 9.21 Å². The second kappa shape index (κ2) is 8.53. The van der Waals surface area contributed by atoms with Crippen molar-refractivity contribution in [2.45, 2.75) is 39.7 Å². The van der Waals surface area contributed by atoms with Crippen molar-refractivity contribution in [3.05, 3.63) is 76.8 Å². The lowest BCUT2D eigenvalue weighted by molar-refractivity contribution is -0.121. The smallest absolute Gasteiger partial charge is 0.220 e. The minimum atomic E-state index is -0.129. The number of nitriles is 1. The summed E-state index contributed by atoms with van der Waals surface area (Å²) in [5.41, 5.74) is 4.98. The molecule has 0 aliphatic heterocycles. The summed E-state index contributed by atoms with van der Waals surface area (Å²) in [6.07, 6.45) is 2.45. The Morgan fingerprint density at radius 1 is 1.18 bits per heavy atom. The molecule has 1 unspecified atom stereocenters. The monoisotopic (exact) mass is 373 g/mol. The van der Waals surface area contributed by atoms with Crippen LogP contribution < -0.4 is 5.32 Å². The first-order valence-corrected chi connectivity index (χ1v) is 9.28. The summed E-state index contributed by atoms with van der Waals surface area (Å²) in [5.74, 6) is 1.20. The van der Waals surface area contributed by atoms with Gasteiger partial charge in [0.15, 0.2) is 11.7 Å². The van der Waals surface area contributed by atoms with Crippen LogP contribution in [0.3, 0.4) is 0 Å². The first kappa shape index (κ1) is 19.4. The quantitative estimate of drug-likeness (QED) is 0.683. The number of nitrogens with one attached hydrogen (secondary N) is 1. The van der Waals surface area contributed by atoms with Gasteiger partial charge in [-0.1, -0.05) is 24.3 Å². The van der Waals surface area contributed by atoms with Crippen molar-refractivity contribution in [2.24, 2.45) is 0 Å². The van der Waals surface area contributed by atoms with E-state index in [1.54, 1.807) is 18.3 Å². The van der Waals surface area contributed by atoms with Gasteiger partial charge in [0, 0.05) is 18.4 Å². The van der Waals surface area contributed by atoms with Crippen molar-refractivity contribution in [3.63, 3.8) is 0 Å². The van der Waals surface area contributed by atoms with Crippen LogP contribution in [0.15, 0.2) is 53.1 Å². The van der Waals surface area contributed by atoms with Crippen LogP contribution in [0.25, 0.3) is 11.3 Å². The summed E-state index contributed by atoms with van der Waals surface area (Å²) < 4.78 is 5.81. The Labute approximate surface area is 165 Å². The van der Waals surface area contributed by atoms with Crippen LogP contribution in [0.4, 0.5) is 0 Å². The van der Waals surface area contributed by atoms with E-state index >= 15 is 0 Å². The fourth-order valence-corrected chi connectivity index (χ4v) is 2.92. The molecule has 5 heteroatoms. The molecule has 1 amide bonds. The van der Waals surface area contributed by atoms with Crippen molar-refractivity contribution in [1.29, 1.82) is 5.26 Å². The summed E-state index contributed by atoms with van der Waals surface area (Å²) in [7, 11) is 0. The van der Waals surface area contributed by atoms with Crippen LogP contribution in [0.5, 0.6) is 0 Å². The minimum Gasteiger partial charge on any atom is -0.441 e. The van der Waals surface area contributed by atoms with E-state index in [0.717, 1.165) is 11.1 Å². The highest BCUT2D eigenvalue weighted by Crippen LogP contribution is 2.23. The zero-order valence-electron chi connectivity index (χ0n) is 16.3. The summed E-state index contributed by atoms with van der Waals surface area (Å²) in [6.45, 7) is 6.06. The maximum absolute atomic E-state index is 12.2. The highest BCUT2D eigenvalue weighted by molar-refractivity contribution is 5.76. The number of amides is 1.